The van der Waals surface area contributed by atoms with Gasteiger partial charge in [0.1, 0.15) is 5.01 Å². The van der Waals surface area contributed by atoms with Crippen molar-refractivity contribution in [1.82, 2.24) is 10.3 Å². The summed E-state index contributed by atoms with van der Waals surface area (Å²) in [4.78, 5) is 6.05. The minimum absolute atomic E-state index is 0.691. The number of aryl methyl sites for hydroxylation is 1. The topological polar surface area (TPSA) is 24.9 Å². The fourth-order valence-corrected chi connectivity index (χ4v) is 4.48. The molecule has 0 saturated carbocycles. The van der Waals surface area contributed by atoms with E-state index >= 15 is 0 Å². The largest absolute Gasteiger partial charge is 0.320 e. The summed E-state index contributed by atoms with van der Waals surface area (Å²) < 4.78 is 0. The molecule has 16 heavy (non-hydrogen) atoms. The van der Waals surface area contributed by atoms with Gasteiger partial charge in [-0.1, -0.05) is 6.42 Å². The summed E-state index contributed by atoms with van der Waals surface area (Å²) in [7, 11) is 2.01. The molecule has 0 aromatic carbocycles. The van der Waals surface area contributed by atoms with Crippen LogP contribution in [-0.2, 0) is 6.42 Å². The number of rotatable bonds is 5. The predicted molar refractivity (Wildman–Crippen MR) is 73.4 cm³/mol. The second-order valence-corrected chi connectivity index (χ2v) is 6.68. The summed E-state index contributed by atoms with van der Waals surface area (Å²) in [5.41, 5.74) is 0. The van der Waals surface area contributed by atoms with Crippen LogP contribution in [0.3, 0.4) is 0 Å². The number of hydrogen-bond acceptors (Lipinski definition) is 4. The van der Waals surface area contributed by atoms with Crippen molar-refractivity contribution in [2.75, 3.05) is 19.3 Å². The summed E-state index contributed by atoms with van der Waals surface area (Å²) >= 11 is 4.02. The highest BCUT2D eigenvalue weighted by molar-refractivity contribution is 7.99. The van der Waals surface area contributed by atoms with Crippen molar-refractivity contribution < 1.29 is 0 Å². The van der Waals surface area contributed by atoms with Gasteiger partial charge in [0, 0.05) is 11.1 Å². The summed E-state index contributed by atoms with van der Waals surface area (Å²) in [6.45, 7) is 1.10. The first-order valence-electron chi connectivity index (χ1n) is 6.11. The Kier molecular flexibility index (Phi) is 5.13. The molecule has 1 aromatic heterocycles. The Labute approximate surface area is 106 Å². The molecule has 1 unspecified atom stereocenters. The molecule has 4 heteroatoms. The highest BCUT2D eigenvalue weighted by Crippen LogP contribution is 2.39. The van der Waals surface area contributed by atoms with Crippen LogP contribution in [0, 0.1) is 0 Å². The summed E-state index contributed by atoms with van der Waals surface area (Å²) in [6.07, 6.45) is 8.58. The van der Waals surface area contributed by atoms with E-state index < -0.39 is 0 Å². The minimum Gasteiger partial charge on any atom is -0.320 e. The smallest absolute Gasteiger partial charge is 0.106 e. The zero-order valence-electron chi connectivity index (χ0n) is 9.87. The standard InChI is InChI=1S/C12H20N2S2/c1-13-7-4-5-10-9-14-12(16-10)11-6-2-3-8-15-11/h9,11,13H,2-8H2,1H3. The fraction of sp³-hybridized carbons (Fsp3) is 0.750. The lowest BCUT2D eigenvalue weighted by atomic mass is 10.2. The number of thioether (sulfide) groups is 1. The van der Waals surface area contributed by atoms with E-state index in [0.717, 1.165) is 6.54 Å². The Balaban J connectivity index is 1.85. The SMILES string of the molecule is CNCCCc1cnc(C2CCCCS2)s1. The summed E-state index contributed by atoms with van der Waals surface area (Å²) in [5, 5.41) is 5.24. The van der Waals surface area contributed by atoms with Crippen LogP contribution in [0.5, 0.6) is 0 Å². The van der Waals surface area contributed by atoms with Crippen molar-refractivity contribution >= 4 is 23.1 Å². The van der Waals surface area contributed by atoms with Gasteiger partial charge in [0.15, 0.2) is 0 Å². The van der Waals surface area contributed by atoms with E-state index in [-0.39, 0.29) is 0 Å². The molecule has 90 valence electrons. The van der Waals surface area contributed by atoms with Gasteiger partial charge in [-0.25, -0.2) is 4.98 Å². The lowest BCUT2D eigenvalue weighted by Gasteiger charge is -2.18. The van der Waals surface area contributed by atoms with Crippen LogP contribution in [-0.4, -0.2) is 24.3 Å². The molecule has 1 aromatic rings. The first-order chi connectivity index (χ1) is 7.90. The van der Waals surface area contributed by atoms with Crippen LogP contribution in [0.25, 0.3) is 0 Å². The Morgan fingerprint density at radius 2 is 2.44 bits per heavy atom. The molecule has 0 aliphatic carbocycles. The van der Waals surface area contributed by atoms with E-state index in [2.05, 4.69) is 28.3 Å². The molecule has 2 nitrogen and oxygen atoms in total. The number of aromatic nitrogens is 1. The Bertz CT molecular complexity index is 306. The van der Waals surface area contributed by atoms with Crippen LogP contribution >= 0.6 is 23.1 Å². The zero-order valence-corrected chi connectivity index (χ0v) is 11.5. The van der Waals surface area contributed by atoms with Gasteiger partial charge in [0.2, 0.25) is 0 Å². The number of hydrogen-bond donors (Lipinski definition) is 1. The van der Waals surface area contributed by atoms with Gasteiger partial charge in [-0.05, 0) is 45.0 Å². The Morgan fingerprint density at radius 3 is 3.19 bits per heavy atom. The molecule has 1 saturated heterocycles. The van der Waals surface area contributed by atoms with Crippen LogP contribution in [0.2, 0.25) is 0 Å². The lowest BCUT2D eigenvalue weighted by Crippen LogP contribution is -2.07. The molecule has 2 rings (SSSR count). The van der Waals surface area contributed by atoms with E-state index in [0.29, 0.717) is 5.25 Å². The van der Waals surface area contributed by atoms with Gasteiger partial charge in [0.05, 0.1) is 5.25 Å². The predicted octanol–water partition coefficient (Wildman–Crippen LogP) is 3.25. The monoisotopic (exact) mass is 256 g/mol. The van der Waals surface area contributed by atoms with Crippen LogP contribution in [0.15, 0.2) is 6.20 Å². The molecular weight excluding hydrogens is 236 g/mol. The van der Waals surface area contributed by atoms with Crippen molar-refractivity contribution in [3.05, 3.63) is 16.1 Å². The van der Waals surface area contributed by atoms with Gasteiger partial charge in [0.25, 0.3) is 0 Å². The van der Waals surface area contributed by atoms with Crippen molar-refractivity contribution in [2.24, 2.45) is 0 Å². The highest BCUT2D eigenvalue weighted by Gasteiger charge is 2.18. The third-order valence-electron chi connectivity index (χ3n) is 2.88. The van der Waals surface area contributed by atoms with Gasteiger partial charge in [-0.3, -0.25) is 0 Å². The van der Waals surface area contributed by atoms with Crippen LogP contribution in [0.4, 0.5) is 0 Å². The van der Waals surface area contributed by atoms with Crippen molar-refractivity contribution in [3.8, 4) is 0 Å². The quantitative estimate of drug-likeness (QED) is 0.819. The van der Waals surface area contributed by atoms with E-state index in [1.54, 1.807) is 0 Å². The maximum absolute atomic E-state index is 4.60. The second-order valence-electron chi connectivity index (χ2n) is 4.23. The zero-order chi connectivity index (χ0) is 11.2. The van der Waals surface area contributed by atoms with Gasteiger partial charge in [-0.2, -0.15) is 11.8 Å². The average molecular weight is 256 g/mol. The van der Waals surface area contributed by atoms with Gasteiger partial charge in [-0.15, -0.1) is 11.3 Å². The number of thiazole rings is 1. The molecule has 1 atom stereocenters. The highest BCUT2D eigenvalue weighted by atomic mass is 32.2. The molecule has 1 N–H and O–H groups in total. The molecule has 2 heterocycles. The fourth-order valence-electron chi connectivity index (χ4n) is 1.96. The van der Waals surface area contributed by atoms with Crippen LogP contribution < -0.4 is 5.32 Å². The molecule has 0 radical (unpaired) electrons. The maximum Gasteiger partial charge on any atom is 0.106 e. The molecule has 0 spiro atoms. The Hall–Kier alpha value is -0.0600. The first-order valence-corrected chi connectivity index (χ1v) is 7.97. The third kappa shape index (κ3) is 3.47. The molecule has 1 aliphatic heterocycles. The van der Waals surface area contributed by atoms with E-state index in [4.69, 9.17) is 0 Å². The molecule has 1 aliphatic rings. The molecule has 1 fully saturated rings. The summed E-state index contributed by atoms with van der Waals surface area (Å²) in [6, 6.07) is 0. The van der Waals surface area contributed by atoms with Gasteiger partial charge >= 0.3 is 0 Å². The summed E-state index contributed by atoms with van der Waals surface area (Å²) in [5.74, 6) is 1.32. The Morgan fingerprint density at radius 1 is 1.50 bits per heavy atom. The number of nitrogens with zero attached hydrogens (tertiary/aromatic N) is 1. The molecule has 0 amide bonds. The lowest BCUT2D eigenvalue weighted by molar-refractivity contribution is 0.683. The first kappa shape index (κ1) is 12.4. The van der Waals surface area contributed by atoms with E-state index in [9.17, 15) is 0 Å². The van der Waals surface area contributed by atoms with E-state index in [1.165, 1.54) is 47.7 Å². The molecular formula is C12H20N2S2. The van der Waals surface area contributed by atoms with E-state index in [1.807, 2.05) is 18.4 Å². The number of nitrogens with one attached hydrogen (secondary N) is 1. The minimum atomic E-state index is 0.691. The van der Waals surface area contributed by atoms with Crippen LogP contribution in [0.1, 0.15) is 40.8 Å². The third-order valence-corrected chi connectivity index (χ3v) is 5.58. The average Bonchev–Trinajstić information content (AvgIpc) is 2.79. The van der Waals surface area contributed by atoms with Crippen molar-refractivity contribution in [2.45, 2.75) is 37.4 Å². The van der Waals surface area contributed by atoms with Crippen molar-refractivity contribution in [3.63, 3.8) is 0 Å². The van der Waals surface area contributed by atoms with Gasteiger partial charge < -0.3 is 5.32 Å². The maximum atomic E-state index is 4.60. The second kappa shape index (κ2) is 6.62. The van der Waals surface area contributed by atoms with Crippen molar-refractivity contribution in [1.29, 1.82) is 0 Å². The normalized spacial score (nSPS) is 21.2. The molecule has 0 bridgehead atoms.